The van der Waals surface area contributed by atoms with Crippen molar-refractivity contribution in [1.82, 2.24) is 4.90 Å². The van der Waals surface area contributed by atoms with Crippen molar-refractivity contribution in [3.8, 4) is 22.6 Å². The number of methoxy groups -OCH3 is 2. The molecule has 210 valence electrons. The van der Waals surface area contributed by atoms with Crippen molar-refractivity contribution in [2.24, 2.45) is 0 Å². The Balaban J connectivity index is 1.68. The number of nitrogens with zero attached hydrogens (tertiary/aromatic N) is 1. The van der Waals surface area contributed by atoms with Gasteiger partial charge in [0, 0.05) is 49.5 Å². The number of rotatable bonds is 4. The fourth-order valence-electron chi connectivity index (χ4n) is 6.93. The number of carbonyl (C=O) groups excluding carboxylic acids is 2. The minimum atomic E-state index is -0.788. The van der Waals surface area contributed by atoms with Crippen LogP contribution in [0.2, 0.25) is 0 Å². The molecular formula is C31H39NO7. The van der Waals surface area contributed by atoms with Crippen LogP contribution in [0.15, 0.2) is 36.4 Å². The third-order valence-corrected chi connectivity index (χ3v) is 8.53. The molecule has 8 nitrogen and oxygen atoms in total. The Morgan fingerprint density at radius 1 is 0.872 bits per heavy atom. The topological polar surface area (TPSA) is 94.5 Å². The molecule has 6 atom stereocenters. The molecule has 2 saturated heterocycles. The molecule has 0 aliphatic carbocycles. The van der Waals surface area contributed by atoms with E-state index in [4.69, 9.17) is 18.9 Å². The number of hydrogen-bond acceptors (Lipinski definition) is 8. The van der Waals surface area contributed by atoms with E-state index in [0.29, 0.717) is 19.3 Å². The number of carbonyl (C=O) groups is 2. The Bertz CT molecular complexity index is 1210. The predicted octanol–water partition coefficient (Wildman–Crippen LogP) is 4.60. The molecule has 3 aliphatic rings. The molecule has 0 radical (unpaired) electrons. The molecule has 1 N–H and O–H groups in total. The van der Waals surface area contributed by atoms with Crippen molar-refractivity contribution in [3.63, 3.8) is 0 Å². The van der Waals surface area contributed by atoms with Gasteiger partial charge in [0.2, 0.25) is 0 Å². The zero-order valence-electron chi connectivity index (χ0n) is 23.2. The van der Waals surface area contributed by atoms with Crippen molar-refractivity contribution in [2.45, 2.75) is 95.2 Å². The van der Waals surface area contributed by atoms with E-state index in [9.17, 15) is 14.7 Å². The van der Waals surface area contributed by atoms with E-state index in [1.165, 1.54) is 13.8 Å². The number of ether oxygens (including phenoxy) is 4. The maximum Gasteiger partial charge on any atom is 0.302 e. The quantitative estimate of drug-likeness (QED) is 0.566. The number of piperidine rings is 2. The predicted molar refractivity (Wildman–Crippen MR) is 146 cm³/mol. The Morgan fingerprint density at radius 3 is 2.26 bits per heavy atom. The molecule has 3 aliphatic heterocycles. The summed E-state index contributed by atoms with van der Waals surface area (Å²) in [7, 11) is 3.33. The molecular weight excluding hydrogens is 498 g/mol. The van der Waals surface area contributed by atoms with Crippen LogP contribution in [0.5, 0.6) is 11.5 Å². The number of aliphatic hydroxyl groups is 1. The first-order valence-corrected chi connectivity index (χ1v) is 13.9. The first-order chi connectivity index (χ1) is 18.8. The molecule has 0 spiro atoms. The molecule has 2 fully saturated rings. The number of aliphatic hydroxyl groups excluding tert-OH is 1. The molecule has 0 amide bonds. The molecule has 2 aromatic carbocycles. The van der Waals surface area contributed by atoms with Gasteiger partial charge in [-0.2, -0.15) is 0 Å². The van der Waals surface area contributed by atoms with E-state index in [-0.39, 0.29) is 30.2 Å². The van der Waals surface area contributed by atoms with Gasteiger partial charge in [0.25, 0.3) is 0 Å². The Hall–Kier alpha value is -3.10. The molecule has 39 heavy (non-hydrogen) atoms. The van der Waals surface area contributed by atoms with Gasteiger partial charge in [-0.1, -0.05) is 18.6 Å². The van der Waals surface area contributed by atoms with E-state index in [0.717, 1.165) is 59.4 Å². The van der Waals surface area contributed by atoms with E-state index in [1.807, 2.05) is 12.1 Å². The fraction of sp³-hybridized carbons (Fsp3) is 0.548. The average Bonchev–Trinajstić information content (AvgIpc) is 2.92. The highest BCUT2D eigenvalue weighted by Gasteiger charge is 2.49. The summed E-state index contributed by atoms with van der Waals surface area (Å²) in [6.07, 6.45) is 3.65. The molecule has 5 rings (SSSR count). The third-order valence-electron chi connectivity index (χ3n) is 8.53. The fourth-order valence-corrected chi connectivity index (χ4v) is 6.93. The number of aryl methyl sites for hydroxylation is 1. The summed E-state index contributed by atoms with van der Waals surface area (Å²) in [4.78, 5) is 26.5. The minimum Gasteiger partial charge on any atom is -0.496 e. The Labute approximate surface area is 230 Å². The highest BCUT2D eigenvalue weighted by Crippen LogP contribution is 2.46. The van der Waals surface area contributed by atoms with Crippen molar-refractivity contribution in [1.29, 1.82) is 0 Å². The second kappa shape index (κ2) is 11.6. The second-order valence-corrected chi connectivity index (χ2v) is 11.0. The summed E-state index contributed by atoms with van der Waals surface area (Å²) < 4.78 is 23.1. The van der Waals surface area contributed by atoms with Crippen LogP contribution < -0.4 is 9.47 Å². The third kappa shape index (κ3) is 5.63. The standard InChI is InChI=1S/C31H39NO7/c1-18(33)38-23-11-8-20-9-12-28(36-3)24(14-20)25-15-21(10-13-29(25)37-4)27-17-30(39-19(2)34)31(35)26-7-5-6-22(16-23)32(26)27/h9-10,12-15,22-23,26-27,30-31,35H,5-8,11,16-17H2,1-4H3/t22-,23-,26+,27-,30+,31-/m1/s1. The maximum absolute atomic E-state index is 12.1. The molecule has 0 saturated carbocycles. The first-order valence-electron chi connectivity index (χ1n) is 13.9. The van der Waals surface area contributed by atoms with Gasteiger partial charge in [-0.15, -0.1) is 0 Å². The molecule has 0 unspecified atom stereocenters. The van der Waals surface area contributed by atoms with Gasteiger partial charge in [-0.3, -0.25) is 14.5 Å². The van der Waals surface area contributed by atoms with Crippen LogP contribution in [0.4, 0.5) is 0 Å². The zero-order valence-corrected chi connectivity index (χ0v) is 23.2. The summed E-state index contributed by atoms with van der Waals surface area (Å²) in [5.74, 6) is 0.803. The Kier molecular flexibility index (Phi) is 8.14. The number of esters is 2. The molecule has 3 heterocycles. The summed E-state index contributed by atoms with van der Waals surface area (Å²) >= 11 is 0. The van der Waals surface area contributed by atoms with E-state index >= 15 is 0 Å². The minimum absolute atomic E-state index is 0.106. The van der Waals surface area contributed by atoms with Crippen LogP contribution in [-0.2, 0) is 25.5 Å². The lowest BCUT2D eigenvalue weighted by Gasteiger charge is -2.54. The van der Waals surface area contributed by atoms with Gasteiger partial charge in [-0.05, 0) is 67.5 Å². The summed E-state index contributed by atoms with van der Waals surface area (Å²) in [5, 5.41) is 11.4. The maximum atomic E-state index is 12.1. The summed E-state index contributed by atoms with van der Waals surface area (Å²) in [5.41, 5.74) is 4.03. The van der Waals surface area contributed by atoms with Crippen molar-refractivity contribution in [3.05, 3.63) is 47.5 Å². The van der Waals surface area contributed by atoms with Gasteiger partial charge < -0.3 is 24.1 Å². The highest BCUT2D eigenvalue weighted by atomic mass is 16.6. The van der Waals surface area contributed by atoms with E-state index < -0.39 is 18.2 Å². The van der Waals surface area contributed by atoms with Crippen molar-refractivity contribution in [2.75, 3.05) is 14.2 Å². The monoisotopic (exact) mass is 537 g/mol. The second-order valence-electron chi connectivity index (χ2n) is 11.0. The van der Waals surface area contributed by atoms with Gasteiger partial charge in [0.1, 0.15) is 29.8 Å². The SMILES string of the molecule is COc1ccc2cc1-c1cc(ccc1OC)[C@H]1C[C@H](OC(C)=O)[C@H](O)[C@@H]3CCC[C@H](C[C@H](OC(C)=O)CC2)N13. The van der Waals surface area contributed by atoms with Crippen LogP contribution in [0.1, 0.15) is 69.5 Å². The van der Waals surface area contributed by atoms with Crippen LogP contribution in [0, 0.1) is 0 Å². The normalized spacial score (nSPS) is 28.5. The smallest absolute Gasteiger partial charge is 0.302 e. The van der Waals surface area contributed by atoms with Crippen LogP contribution in [0.25, 0.3) is 11.1 Å². The van der Waals surface area contributed by atoms with E-state index in [1.54, 1.807) is 14.2 Å². The average molecular weight is 538 g/mol. The van der Waals surface area contributed by atoms with Gasteiger partial charge >= 0.3 is 11.9 Å². The highest BCUT2D eigenvalue weighted by molar-refractivity contribution is 5.77. The molecule has 2 aromatic rings. The zero-order chi connectivity index (χ0) is 27.7. The number of fused-ring (bicyclic) bond motifs is 6. The number of hydrogen-bond donors (Lipinski definition) is 1. The van der Waals surface area contributed by atoms with E-state index in [2.05, 4.69) is 29.2 Å². The first kappa shape index (κ1) is 27.5. The molecule has 4 bridgehead atoms. The van der Waals surface area contributed by atoms with Gasteiger partial charge in [0.05, 0.1) is 14.2 Å². The largest absolute Gasteiger partial charge is 0.496 e. The molecule has 8 heteroatoms. The van der Waals surface area contributed by atoms with Crippen LogP contribution in [-0.4, -0.2) is 66.6 Å². The van der Waals surface area contributed by atoms with Gasteiger partial charge in [-0.25, -0.2) is 0 Å². The summed E-state index contributed by atoms with van der Waals surface area (Å²) in [6, 6.07) is 12.2. The van der Waals surface area contributed by atoms with Gasteiger partial charge in [0.15, 0.2) is 0 Å². The number of benzene rings is 2. The van der Waals surface area contributed by atoms with Crippen LogP contribution in [0.3, 0.4) is 0 Å². The Morgan fingerprint density at radius 2 is 1.56 bits per heavy atom. The van der Waals surface area contributed by atoms with Crippen molar-refractivity contribution < 1.29 is 33.6 Å². The lowest BCUT2D eigenvalue weighted by Crippen LogP contribution is -2.61. The lowest BCUT2D eigenvalue weighted by atomic mass is 9.78. The van der Waals surface area contributed by atoms with Crippen molar-refractivity contribution >= 4 is 11.9 Å². The lowest BCUT2D eigenvalue weighted by molar-refractivity contribution is -0.175. The summed E-state index contributed by atoms with van der Waals surface area (Å²) in [6.45, 7) is 2.85. The molecule has 0 aromatic heterocycles. The van der Waals surface area contributed by atoms with Crippen LogP contribution >= 0.6 is 0 Å².